The van der Waals surface area contributed by atoms with Crippen LogP contribution in [0.3, 0.4) is 0 Å². The fraction of sp³-hybridized carbons (Fsp3) is 0.250. The maximum Gasteiger partial charge on any atom is 0.225 e. The Balaban J connectivity index is 1.85. The van der Waals surface area contributed by atoms with E-state index in [-0.39, 0.29) is 11.9 Å². The van der Waals surface area contributed by atoms with Gasteiger partial charge in [-0.1, -0.05) is 30.3 Å². The van der Waals surface area contributed by atoms with Crippen LogP contribution in [-0.2, 0) is 0 Å². The van der Waals surface area contributed by atoms with Crippen LogP contribution in [0.2, 0.25) is 0 Å². The molecule has 1 heterocycles. The molecule has 86 valence electrons. The molecule has 2 aromatic rings. The molecule has 2 unspecified atom stereocenters. The number of anilines is 2. The first-order valence-corrected chi connectivity index (χ1v) is 5.56. The van der Waals surface area contributed by atoms with Crippen LogP contribution in [0.5, 0.6) is 0 Å². The molecule has 0 bridgehead atoms. The van der Waals surface area contributed by atoms with Crippen molar-refractivity contribution in [1.82, 2.24) is 15.0 Å². The minimum atomic E-state index is 0.200. The quantitative estimate of drug-likeness (QED) is 0.807. The highest BCUT2D eigenvalue weighted by Gasteiger charge is 2.41. The molecule has 5 heteroatoms. The zero-order chi connectivity index (χ0) is 11.8. The first kappa shape index (κ1) is 10.0. The predicted octanol–water partition coefficient (Wildman–Crippen LogP) is 1.31. The molecule has 1 aliphatic carbocycles. The molecule has 1 saturated carbocycles. The van der Waals surface area contributed by atoms with Crippen molar-refractivity contribution >= 4 is 11.9 Å². The van der Waals surface area contributed by atoms with Crippen LogP contribution >= 0.6 is 0 Å². The van der Waals surface area contributed by atoms with Gasteiger partial charge in [-0.3, -0.25) is 0 Å². The smallest absolute Gasteiger partial charge is 0.225 e. The normalized spacial score (nSPS) is 22.4. The molecule has 4 N–H and O–H groups in total. The minimum absolute atomic E-state index is 0.200. The van der Waals surface area contributed by atoms with E-state index in [2.05, 4.69) is 27.1 Å². The van der Waals surface area contributed by atoms with Crippen molar-refractivity contribution in [2.45, 2.75) is 18.3 Å². The molecule has 0 radical (unpaired) electrons. The molecule has 17 heavy (non-hydrogen) atoms. The van der Waals surface area contributed by atoms with E-state index in [1.165, 1.54) is 5.56 Å². The predicted molar refractivity (Wildman–Crippen MR) is 65.2 cm³/mol. The summed E-state index contributed by atoms with van der Waals surface area (Å²) in [5.41, 5.74) is 12.4. The molecule has 0 spiro atoms. The molecule has 0 amide bonds. The van der Waals surface area contributed by atoms with Crippen molar-refractivity contribution in [2.24, 2.45) is 0 Å². The SMILES string of the molecule is Nc1nc(N)nc(C2CC2c2ccccc2)n1. The lowest BCUT2D eigenvalue weighted by Gasteiger charge is -2.01. The molecule has 1 aromatic heterocycles. The van der Waals surface area contributed by atoms with Gasteiger partial charge >= 0.3 is 0 Å². The van der Waals surface area contributed by atoms with Gasteiger partial charge in [-0.05, 0) is 17.9 Å². The fourth-order valence-corrected chi connectivity index (χ4v) is 2.14. The molecule has 3 rings (SSSR count). The van der Waals surface area contributed by atoms with E-state index in [1.807, 2.05) is 18.2 Å². The summed E-state index contributed by atoms with van der Waals surface area (Å²) in [6, 6.07) is 10.3. The van der Waals surface area contributed by atoms with E-state index < -0.39 is 0 Å². The number of nitrogens with two attached hydrogens (primary N) is 2. The van der Waals surface area contributed by atoms with Crippen LogP contribution in [0.1, 0.15) is 29.6 Å². The van der Waals surface area contributed by atoms with Crippen molar-refractivity contribution < 1.29 is 0 Å². The Hall–Kier alpha value is -2.17. The summed E-state index contributed by atoms with van der Waals surface area (Å²) >= 11 is 0. The minimum Gasteiger partial charge on any atom is -0.368 e. The summed E-state index contributed by atoms with van der Waals surface area (Å²) < 4.78 is 0. The second-order valence-corrected chi connectivity index (χ2v) is 4.27. The Labute approximate surface area is 98.9 Å². The van der Waals surface area contributed by atoms with Gasteiger partial charge in [0.25, 0.3) is 0 Å². The van der Waals surface area contributed by atoms with Gasteiger partial charge in [0.05, 0.1) is 0 Å². The maximum absolute atomic E-state index is 5.57. The van der Waals surface area contributed by atoms with Crippen molar-refractivity contribution in [3.8, 4) is 0 Å². The molecule has 0 saturated heterocycles. The van der Waals surface area contributed by atoms with Crippen molar-refractivity contribution in [3.63, 3.8) is 0 Å². The second-order valence-electron chi connectivity index (χ2n) is 4.27. The summed E-state index contributed by atoms with van der Waals surface area (Å²) in [7, 11) is 0. The standard InChI is InChI=1S/C12H13N5/c13-11-15-10(16-12(14)17-11)9-6-8(9)7-4-2-1-3-5-7/h1-5,8-9H,6H2,(H4,13,14,15,16,17). The Morgan fingerprint density at radius 1 is 0.882 bits per heavy atom. The third-order valence-corrected chi connectivity index (χ3v) is 3.04. The van der Waals surface area contributed by atoms with Crippen LogP contribution in [0, 0.1) is 0 Å². The van der Waals surface area contributed by atoms with Crippen LogP contribution in [-0.4, -0.2) is 15.0 Å². The molecule has 5 nitrogen and oxygen atoms in total. The molecule has 1 aliphatic rings. The van der Waals surface area contributed by atoms with Gasteiger partial charge in [-0.15, -0.1) is 0 Å². The molecule has 1 aromatic carbocycles. The molecule has 2 atom stereocenters. The largest absolute Gasteiger partial charge is 0.368 e. The first-order valence-electron chi connectivity index (χ1n) is 5.56. The molecule has 0 aliphatic heterocycles. The highest BCUT2D eigenvalue weighted by Crippen LogP contribution is 2.53. The van der Waals surface area contributed by atoms with Crippen molar-refractivity contribution in [2.75, 3.05) is 11.5 Å². The number of nitrogen functional groups attached to an aromatic ring is 2. The Morgan fingerprint density at radius 2 is 1.53 bits per heavy atom. The van der Waals surface area contributed by atoms with Crippen LogP contribution in [0.4, 0.5) is 11.9 Å². The molecular formula is C12H13N5. The van der Waals surface area contributed by atoms with Crippen LogP contribution in [0.25, 0.3) is 0 Å². The number of benzene rings is 1. The van der Waals surface area contributed by atoms with E-state index in [0.717, 1.165) is 6.42 Å². The van der Waals surface area contributed by atoms with E-state index >= 15 is 0 Å². The van der Waals surface area contributed by atoms with Crippen LogP contribution < -0.4 is 11.5 Å². The summed E-state index contributed by atoms with van der Waals surface area (Å²) in [6.45, 7) is 0. The van der Waals surface area contributed by atoms with E-state index in [4.69, 9.17) is 11.5 Å². The lowest BCUT2D eigenvalue weighted by Crippen LogP contribution is -2.06. The Bertz CT molecular complexity index is 520. The number of hydrogen-bond acceptors (Lipinski definition) is 5. The fourth-order valence-electron chi connectivity index (χ4n) is 2.14. The summed E-state index contributed by atoms with van der Waals surface area (Å²) in [5.74, 6) is 1.92. The number of aromatic nitrogens is 3. The second kappa shape index (κ2) is 3.69. The first-order chi connectivity index (χ1) is 8.24. The average molecular weight is 227 g/mol. The van der Waals surface area contributed by atoms with Gasteiger partial charge in [-0.2, -0.15) is 15.0 Å². The lowest BCUT2D eigenvalue weighted by molar-refractivity contribution is 0.878. The Morgan fingerprint density at radius 3 is 2.18 bits per heavy atom. The van der Waals surface area contributed by atoms with Gasteiger partial charge < -0.3 is 11.5 Å². The van der Waals surface area contributed by atoms with Crippen molar-refractivity contribution in [1.29, 1.82) is 0 Å². The topological polar surface area (TPSA) is 90.7 Å². The zero-order valence-corrected chi connectivity index (χ0v) is 9.24. The molecular weight excluding hydrogens is 214 g/mol. The van der Waals surface area contributed by atoms with Gasteiger partial charge in [0, 0.05) is 5.92 Å². The van der Waals surface area contributed by atoms with E-state index in [0.29, 0.717) is 17.7 Å². The van der Waals surface area contributed by atoms with Gasteiger partial charge in [0.1, 0.15) is 5.82 Å². The van der Waals surface area contributed by atoms with E-state index in [1.54, 1.807) is 0 Å². The number of rotatable bonds is 2. The highest BCUT2D eigenvalue weighted by molar-refractivity contribution is 5.34. The number of nitrogens with zero attached hydrogens (tertiary/aromatic N) is 3. The lowest BCUT2D eigenvalue weighted by atomic mass is 10.1. The highest BCUT2D eigenvalue weighted by atomic mass is 15.1. The number of hydrogen-bond donors (Lipinski definition) is 2. The third kappa shape index (κ3) is 1.91. The summed E-state index contributed by atoms with van der Waals surface area (Å²) in [4.78, 5) is 12.1. The van der Waals surface area contributed by atoms with Crippen molar-refractivity contribution in [3.05, 3.63) is 41.7 Å². The average Bonchev–Trinajstić information content (AvgIpc) is 3.09. The Kier molecular flexibility index (Phi) is 2.18. The monoisotopic (exact) mass is 227 g/mol. The van der Waals surface area contributed by atoms with Gasteiger partial charge in [0.2, 0.25) is 11.9 Å². The van der Waals surface area contributed by atoms with E-state index in [9.17, 15) is 0 Å². The van der Waals surface area contributed by atoms with Gasteiger partial charge in [-0.25, -0.2) is 0 Å². The van der Waals surface area contributed by atoms with Crippen LogP contribution in [0.15, 0.2) is 30.3 Å². The maximum atomic E-state index is 5.57. The third-order valence-electron chi connectivity index (χ3n) is 3.04. The summed E-state index contributed by atoms with van der Waals surface area (Å²) in [5, 5.41) is 0. The summed E-state index contributed by atoms with van der Waals surface area (Å²) in [6.07, 6.45) is 1.05. The zero-order valence-electron chi connectivity index (χ0n) is 9.24. The molecule has 1 fully saturated rings. The van der Waals surface area contributed by atoms with Gasteiger partial charge in [0.15, 0.2) is 0 Å².